The zero-order valence-corrected chi connectivity index (χ0v) is 13.7. The minimum atomic E-state index is -3.85. The fourth-order valence-electron chi connectivity index (χ4n) is 2.68. The first-order valence-electron chi connectivity index (χ1n) is 7.54. The SMILES string of the molecule is O=C(Cn1ccccc1=O)NNS(=O)(=O)c1ccc2c(c1)CCC2. The Balaban J connectivity index is 1.66. The largest absolute Gasteiger partial charge is 0.306 e. The Morgan fingerprint density at radius 3 is 2.71 bits per heavy atom. The van der Waals surface area contributed by atoms with Crippen molar-refractivity contribution < 1.29 is 13.2 Å². The van der Waals surface area contributed by atoms with Crippen molar-refractivity contribution in [2.45, 2.75) is 30.7 Å². The van der Waals surface area contributed by atoms with E-state index in [2.05, 4.69) is 10.3 Å². The number of sulfonamides is 1. The molecule has 3 rings (SSSR count). The molecule has 0 atom stereocenters. The number of hydrazine groups is 1. The number of amides is 1. The van der Waals surface area contributed by atoms with Crippen molar-refractivity contribution in [1.29, 1.82) is 0 Å². The highest BCUT2D eigenvalue weighted by Crippen LogP contribution is 2.24. The van der Waals surface area contributed by atoms with Gasteiger partial charge in [-0.15, -0.1) is 4.83 Å². The summed E-state index contributed by atoms with van der Waals surface area (Å²) in [6.07, 6.45) is 4.30. The molecule has 0 saturated heterocycles. The number of pyridine rings is 1. The van der Waals surface area contributed by atoms with Crippen molar-refractivity contribution in [3.63, 3.8) is 0 Å². The molecule has 126 valence electrons. The number of nitrogens with zero attached hydrogens (tertiary/aromatic N) is 1. The van der Waals surface area contributed by atoms with Gasteiger partial charge in [-0.1, -0.05) is 12.1 Å². The molecular weight excluding hydrogens is 330 g/mol. The summed E-state index contributed by atoms with van der Waals surface area (Å²) < 4.78 is 25.7. The van der Waals surface area contributed by atoms with E-state index in [4.69, 9.17) is 0 Å². The Morgan fingerprint density at radius 2 is 1.92 bits per heavy atom. The Kier molecular flexibility index (Phi) is 4.50. The number of carbonyl (C=O) groups is 1. The number of carbonyl (C=O) groups excluding carboxylic acids is 1. The lowest BCUT2D eigenvalue weighted by Crippen LogP contribution is -2.44. The Labute approximate surface area is 139 Å². The summed E-state index contributed by atoms with van der Waals surface area (Å²) in [5.41, 5.74) is 3.99. The maximum absolute atomic E-state index is 12.3. The highest BCUT2D eigenvalue weighted by atomic mass is 32.2. The van der Waals surface area contributed by atoms with Crippen LogP contribution in [0, 0.1) is 0 Å². The number of benzene rings is 1. The first-order chi connectivity index (χ1) is 11.5. The molecule has 8 heteroatoms. The van der Waals surface area contributed by atoms with Gasteiger partial charge in [0.2, 0.25) is 0 Å². The minimum absolute atomic E-state index is 0.111. The van der Waals surface area contributed by atoms with E-state index in [0.29, 0.717) is 0 Å². The highest BCUT2D eigenvalue weighted by Gasteiger charge is 2.19. The van der Waals surface area contributed by atoms with Crippen molar-refractivity contribution in [3.05, 3.63) is 64.1 Å². The van der Waals surface area contributed by atoms with E-state index in [9.17, 15) is 18.0 Å². The van der Waals surface area contributed by atoms with Gasteiger partial charge >= 0.3 is 0 Å². The fraction of sp³-hybridized carbons (Fsp3) is 0.250. The number of fused-ring (bicyclic) bond motifs is 1. The highest BCUT2D eigenvalue weighted by molar-refractivity contribution is 7.89. The van der Waals surface area contributed by atoms with Gasteiger partial charge in [-0.3, -0.25) is 15.0 Å². The van der Waals surface area contributed by atoms with Crippen molar-refractivity contribution in [1.82, 2.24) is 14.8 Å². The van der Waals surface area contributed by atoms with Gasteiger partial charge in [0.05, 0.1) is 4.90 Å². The average Bonchev–Trinajstić information content (AvgIpc) is 3.03. The molecule has 24 heavy (non-hydrogen) atoms. The zero-order valence-electron chi connectivity index (χ0n) is 12.9. The molecule has 1 aromatic heterocycles. The number of hydrogen-bond acceptors (Lipinski definition) is 4. The second-order valence-corrected chi connectivity index (χ2v) is 7.29. The number of nitrogens with one attached hydrogen (secondary N) is 2. The normalized spacial score (nSPS) is 13.5. The molecule has 0 unspecified atom stereocenters. The molecule has 0 saturated carbocycles. The number of hydrogen-bond donors (Lipinski definition) is 2. The Morgan fingerprint density at radius 1 is 1.12 bits per heavy atom. The van der Waals surface area contributed by atoms with E-state index in [0.717, 1.165) is 24.8 Å². The van der Waals surface area contributed by atoms with E-state index in [1.54, 1.807) is 18.2 Å². The van der Waals surface area contributed by atoms with E-state index in [1.165, 1.54) is 28.5 Å². The molecule has 2 N–H and O–H groups in total. The number of aryl methyl sites for hydroxylation is 2. The summed E-state index contributed by atoms with van der Waals surface area (Å²) in [5, 5.41) is 0. The number of rotatable bonds is 5. The quantitative estimate of drug-likeness (QED) is 0.763. The van der Waals surface area contributed by atoms with Gasteiger partial charge in [0.25, 0.3) is 21.5 Å². The molecule has 1 heterocycles. The summed E-state index contributed by atoms with van der Waals surface area (Å²) in [7, 11) is -3.85. The summed E-state index contributed by atoms with van der Waals surface area (Å²) in [5.74, 6) is -0.631. The van der Waals surface area contributed by atoms with Crippen molar-refractivity contribution in [2.75, 3.05) is 0 Å². The Bertz CT molecular complexity index is 934. The standard InChI is InChI=1S/C16H17N3O4S/c20-15(11-19-9-2-1-6-16(19)21)17-18-24(22,23)14-8-7-12-4-3-5-13(12)10-14/h1-2,6-10,18H,3-5,11H2,(H,17,20). The molecule has 1 aliphatic rings. The zero-order chi connectivity index (χ0) is 17.2. The van der Waals surface area contributed by atoms with Crippen LogP contribution in [0.5, 0.6) is 0 Å². The van der Waals surface area contributed by atoms with Gasteiger partial charge in [-0.2, -0.15) is 0 Å². The second-order valence-electron chi connectivity index (χ2n) is 5.60. The van der Waals surface area contributed by atoms with Crippen molar-refractivity contribution >= 4 is 15.9 Å². The molecule has 1 aromatic carbocycles. The molecular formula is C16H17N3O4S. The lowest BCUT2D eigenvalue weighted by atomic mass is 10.1. The summed E-state index contributed by atoms with van der Waals surface area (Å²) >= 11 is 0. The third-order valence-electron chi connectivity index (χ3n) is 3.92. The van der Waals surface area contributed by atoms with Crippen LogP contribution in [0.15, 0.2) is 52.3 Å². The monoisotopic (exact) mass is 347 g/mol. The molecule has 7 nitrogen and oxygen atoms in total. The smallest absolute Gasteiger partial charge is 0.257 e. The first kappa shape index (κ1) is 16.4. The molecule has 0 bridgehead atoms. The van der Waals surface area contributed by atoms with Crippen LogP contribution in [0.3, 0.4) is 0 Å². The third kappa shape index (κ3) is 3.55. The molecule has 0 fully saturated rings. The maximum atomic E-state index is 12.3. The molecule has 0 radical (unpaired) electrons. The predicted octanol–water partition coefficient (Wildman–Crippen LogP) is 0.347. The van der Waals surface area contributed by atoms with Crippen LogP contribution in [-0.2, 0) is 34.2 Å². The van der Waals surface area contributed by atoms with Crippen LogP contribution < -0.4 is 15.8 Å². The molecule has 0 aliphatic heterocycles. The van der Waals surface area contributed by atoms with E-state index < -0.39 is 15.9 Å². The van der Waals surface area contributed by atoms with Crippen LogP contribution in [0.1, 0.15) is 17.5 Å². The average molecular weight is 347 g/mol. The molecule has 0 spiro atoms. The topological polar surface area (TPSA) is 97.3 Å². The van der Waals surface area contributed by atoms with Gasteiger partial charge in [-0.25, -0.2) is 8.42 Å². The lowest BCUT2D eigenvalue weighted by molar-refractivity contribution is -0.122. The number of aromatic nitrogens is 1. The van der Waals surface area contributed by atoms with Crippen molar-refractivity contribution in [2.24, 2.45) is 0 Å². The van der Waals surface area contributed by atoms with Gasteiger partial charge in [-0.05, 0) is 48.6 Å². The maximum Gasteiger partial charge on any atom is 0.257 e. The third-order valence-corrected chi connectivity index (χ3v) is 5.16. The fourth-order valence-corrected chi connectivity index (χ4v) is 3.59. The summed E-state index contributed by atoms with van der Waals surface area (Å²) in [4.78, 5) is 25.5. The van der Waals surface area contributed by atoms with Crippen LogP contribution in [0.25, 0.3) is 0 Å². The van der Waals surface area contributed by atoms with Gasteiger partial charge < -0.3 is 4.57 Å². The van der Waals surface area contributed by atoms with Gasteiger partial charge in [0, 0.05) is 12.3 Å². The van der Waals surface area contributed by atoms with E-state index in [1.807, 2.05) is 6.07 Å². The molecule has 1 aliphatic carbocycles. The van der Waals surface area contributed by atoms with Crippen LogP contribution in [0.2, 0.25) is 0 Å². The molecule has 2 aromatic rings. The summed E-state index contributed by atoms with van der Waals surface area (Å²) in [6, 6.07) is 9.47. The van der Waals surface area contributed by atoms with Crippen LogP contribution in [-0.4, -0.2) is 18.9 Å². The second kappa shape index (κ2) is 6.58. The van der Waals surface area contributed by atoms with Crippen LogP contribution >= 0.6 is 0 Å². The van der Waals surface area contributed by atoms with Crippen LogP contribution in [0.4, 0.5) is 0 Å². The minimum Gasteiger partial charge on any atom is -0.306 e. The van der Waals surface area contributed by atoms with E-state index >= 15 is 0 Å². The predicted molar refractivity (Wildman–Crippen MR) is 87.6 cm³/mol. The first-order valence-corrected chi connectivity index (χ1v) is 9.02. The molecule has 1 amide bonds. The Hall–Kier alpha value is -2.45. The summed E-state index contributed by atoms with van der Waals surface area (Å²) in [6.45, 7) is -0.271. The van der Waals surface area contributed by atoms with Crippen molar-refractivity contribution in [3.8, 4) is 0 Å². The van der Waals surface area contributed by atoms with Gasteiger partial charge in [0.1, 0.15) is 6.54 Å². The lowest BCUT2D eigenvalue weighted by Gasteiger charge is -2.10. The van der Waals surface area contributed by atoms with Gasteiger partial charge in [0.15, 0.2) is 0 Å². The van der Waals surface area contributed by atoms with E-state index in [-0.39, 0.29) is 17.0 Å².